The molecule has 4 nitrogen and oxygen atoms in total. The second-order valence-corrected chi connectivity index (χ2v) is 7.53. The third kappa shape index (κ3) is 4.68. The highest BCUT2D eigenvalue weighted by Crippen LogP contribution is 2.22. The topological polar surface area (TPSA) is 47.1 Å². The van der Waals surface area contributed by atoms with E-state index in [0.29, 0.717) is 6.54 Å². The fourth-order valence-corrected chi connectivity index (χ4v) is 3.16. The number of hydrogen-bond donors (Lipinski definition) is 1. The molecule has 0 radical (unpaired) electrons. The highest BCUT2D eigenvalue weighted by molar-refractivity contribution is 5.25. The first-order valence-electron chi connectivity index (χ1n) is 8.85. The predicted molar refractivity (Wildman–Crippen MR) is 101 cm³/mol. The van der Waals surface area contributed by atoms with E-state index in [4.69, 9.17) is 10.8 Å². The van der Waals surface area contributed by atoms with E-state index in [-0.39, 0.29) is 5.54 Å². The van der Waals surface area contributed by atoms with Gasteiger partial charge in [-0.2, -0.15) is 5.10 Å². The van der Waals surface area contributed by atoms with Crippen LogP contribution in [0.3, 0.4) is 0 Å². The Morgan fingerprint density at radius 3 is 2.29 bits per heavy atom. The minimum atomic E-state index is 0.00975. The van der Waals surface area contributed by atoms with E-state index in [9.17, 15) is 0 Å². The average molecular weight is 329 g/mol. The van der Waals surface area contributed by atoms with Crippen LogP contribution in [0.25, 0.3) is 0 Å². The van der Waals surface area contributed by atoms with E-state index in [1.54, 1.807) is 0 Å². The summed E-state index contributed by atoms with van der Waals surface area (Å²) in [5.74, 6) is 0. The van der Waals surface area contributed by atoms with Crippen LogP contribution in [-0.2, 0) is 18.5 Å². The fourth-order valence-electron chi connectivity index (χ4n) is 3.16. The van der Waals surface area contributed by atoms with E-state index in [1.807, 2.05) is 0 Å². The second kappa shape index (κ2) is 7.95. The summed E-state index contributed by atoms with van der Waals surface area (Å²) < 4.78 is 2.15. The standard InChI is InChI=1S/C20H32N4/c1-16-19(17(2)24(22-16)20(3,4)5)15-23(14-12-21)13-11-18-9-7-6-8-10-18/h6-10H,11-15,21H2,1-5H3. The summed E-state index contributed by atoms with van der Waals surface area (Å²) in [5.41, 5.74) is 11.0. The molecule has 2 rings (SSSR count). The van der Waals surface area contributed by atoms with Crippen molar-refractivity contribution in [1.82, 2.24) is 14.7 Å². The lowest BCUT2D eigenvalue weighted by molar-refractivity contribution is 0.274. The number of nitrogens with zero attached hydrogens (tertiary/aromatic N) is 3. The number of aryl methyl sites for hydroxylation is 1. The largest absolute Gasteiger partial charge is 0.329 e. The van der Waals surface area contributed by atoms with Crippen LogP contribution in [0.1, 0.15) is 43.3 Å². The molecular formula is C20H32N4. The van der Waals surface area contributed by atoms with Crippen molar-refractivity contribution in [3.63, 3.8) is 0 Å². The molecule has 1 heterocycles. The van der Waals surface area contributed by atoms with Crippen LogP contribution < -0.4 is 5.73 Å². The molecule has 0 fully saturated rings. The van der Waals surface area contributed by atoms with Gasteiger partial charge in [0, 0.05) is 37.4 Å². The predicted octanol–water partition coefficient (Wildman–Crippen LogP) is 3.26. The molecule has 0 saturated carbocycles. The Balaban J connectivity index is 2.11. The monoisotopic (exact) mass is 328 g/mol. The number of hydrogen-bond acceptors (Lipinski definition) is 3. The molecule has 24 heavy (non-hydrogen) atoms. The van der Waals surface area contributed by atoms with Crippen LogP contribution >= 0.6 is 0 Å². The average Bonchev–Trinajstić information content (AvgIpc) is 2.82. The Hall–Kier alpha value is -1.65. The van der Waals surface area contributed by atoms with Crippen molar-refractivity contribution in [3.05, 3.63) is 52.8 Å². The molecule has 0 atom stereocenters. The molecule has 0 amide bonds. The summed E-state index contributed by atoms with van der Waals surface area (Å²) in [6.07, 6.45) is 1.05. The van der Waals surface area contributed by atoms with Gasteiger partial charge in [-0.15, -0.1) is 0 Å². The first-order chi connectivity index (χ1) is 11.3. The minimum Gasteiger partial charge on any atom is -0.329 e. The van der Waals surface area contributed by atoms with Crippen molar-refractivity contribution in [2.45, 2.75) is 53.1 Å². The zero-order valence-electron chi connectivity index (χ0n) is 15.8. The number of aromatic nitrogens is 2. The third-order valence-corrected chi connectivity index (χ3v) is 4.46. The fraction of sp³-hybridized carbons (Fsp3) is 0.550. The van der Waals surface area contributed by atoms with Gasteiger partial charge < -0.3 is 5.73 Å². The molecule has 4 heteroatoms. The number of nitrogens with two attached hydrogens (primary N) is 1. The van der Waals surface area contributed by atoms with Gasteiger partial charge in [0.15, 0.2) is 0 Å². The molecule has 132 valence electrons. The summed E-state index contributed by atoms with van der Waals surface area (Å²) in [6.45, 7) is 14.4. The maximum Gasteiger partial charge on any atom is 0.0641 e. The van der Waals surface area contributed by atoms with Gasteiger partial charge >= 0.3 is 0 Å². The van der Waals surface area contributed by atoms with Crippen LogP contribution in [0.2, 0.25) is 0 Å². The first-order valence-corrected chi connectivity index (χ1v) is 8.85. The number of rotatable bonds is 7. The molecule has 0 saturated heterocycles. The molecule has 0 unspecified atom stereocenters. The smallest absolute Gasteiger partial charge is 0.0641 e. The second-order valence-electron chi connectivity index (χ2n) is 7.53. The van der Waals surface area contributed by atoms with E-state index in [1.165, 1.54) is 16.8 Å². The molecule has 0 bridgehead atoms. The Bertz CT molecular complexity index is 638. The summed E-state index contributed by atoms with van der Waals surface area (Å²) in [7, 11) is 0. The van der Waals surface area contributed by atoms with Crippen LogP contribution in [0.15, 0.2) is 30.3 Å². The van der Waals surface area contributed by atoms with Crippen molar-refractivity contribution < 1.29 is 0 Å². The van der Waals surface area contributed by atoms with Gasteiger partial charge in [0.2, 0.25) is 0 Å². The quantitative estimate of drug-likeness (QED) is 0.848. The van der Waals surface area contributed by atoms with Crippen LogP contribution in [0, 0.1) is 13.8 Å². The summed E-state index contributed by atoms with van der Waals surface area (Å²) in [4.78, 5) is 2.44. The molecular weight excluding hydrogens is 296 g/mol. The van der Waals surface area contributed by atoms with Crippen molar-refractivity contribution in [2.75, 3.05) is 19.6 Å². The molecule has 1 aromatic heterocycles. The Morgan fingerprint density at radius 1 is 1.08 bits per heavy atom. The molecule has 2 aromatic rings. The Kier molecular flexibility index (Phi) is 6.19. The van der Waals surface area contributed by atoms with Crippen molar-refractivity contribution in [3.8, 4) is 0 Å². The zero-order chi connectivity index (χ0) is 17.7. The Labute approximate surface area is 146 Å². The lowest BCUT2D eigenvalue weighted by Crippen LogP contribution is -2.31. The van der Waals surface area contributed by atoms with Gasteiger partial charge in [0.25, 0.3) is 0 Å². The molecule has 1 aromatic carbocycles. The van der Waals surface area contributed by atoms with E-state index in [2.05, 4.69) is 74.5 Å². The molecule has 2 N–H and O–H groups in total. The van der Waals surface area contributed by atoms with Crippen molar-refractivity contribution in [1.29, 1.82) is 0 Å². The molecule has 0 aliphatic rings. The third-order valence-electron chi connectivity index (χ3n) is 4.46. The van der Waals surface area contributed by atoms with Gasteiger partial charge in [-0.1, -0.05) is 30.3 Å². The van der Waals surface area contributed by atoms with Crippen LogP contribution in [0.5, 0.6) is 0 Å². The van der Waals surface area contributed by atoms with Gasteiger partial charge in [0.05, 0.1) is 11.2 Å². The Morgan fingerprint density at radius 2 is 1.75 bits per heavy atom. The molecule has 0 aliphatic carbocycles. The highest BCUT2D eigenvalue weighted by atomic mass is 15.3. The number of benzene rings is 1. The van der Waals surface area contributed by atoms with E-state index in [0.717, 1.165) is 31.7 Å². The van der Waals surface area contributed by atoms with E-state index >= 15 is 0 Å². The SMILES string of the molecule is Cc1nn(C(C)(C)C)c(C)c1CN(CCN)CCc1ccccc1. The summed E-state index contributed by atoms with van der Waals surface area (Å²) >= 11 is 0. The zero-order valence-corrected chi connectivity index (χ0v) is 15.8. The normalized spacial score (nSPS) is 12.1. The maximum absolute atomic E-state index is 5.84. The van der Waals surface area contributed by atoms with Gasteiger partial charge in [-0.3, -0.25) is 9.58 Å². The van der Waals surface area contributed by atoms with E-state index < -0.39 is 0 Å². The van der Waals surface area contributed by atoms with Gasteiger partial charge in [-0.25, -0.2) is 0 Å². The lowest BCUT2D eigenvalue weighted by atomic mass is 10.1. The summed E-state index contributed by atoms with van der Waals surface area (Å²) in [5, 5.41) is 4.77. The molecule has 0 aliphatic heterocycles. The van der Waals surface area contributed by atoms with Crippen LogP contribution in [0.4, 0.5) is 0 Å². The van der Waals surface area contributed by atoms with Crippen LogP contribution in [-0.4, -0.2) is 34.3 Å². The molecule has 0 spiro atoms. The van der Waals surface area contributed by atoms with Crippen molar-refractivity contribution in [2.24, 2.45) is 5.73 Å². The van der Waals surface area contributed by atoms with Gasteiger partial charge in [0.1, 0.15) is 0 Å². The first kappa shape index (κ1) is 18.7. The highest BCUT2D eigenvalue weighted by Gasteiger charge is 2.21. The lowest BCUT2D eigenvalue weighted by Gasteiger charge is -2.24. The minimum absolute atomic E-state index is 0.00975. The van der Waals surface area contributed by atoms with Crippen molar-refractivity contribution >= 4 is 0 Å². The summed E-state index contributed by atoms with van der Waals surface area (Å²) in [6, 6.07) is 10.6. The maximum atomic E-state index is 5.84. The van der Waals surface area contributed by atoms with Gasteiger partial charge in [-0.05, 0) is 46.6 Å².